The lowest BCUT2D eigenvalue weighted by Crippen LogP contribution is -2.42. The van der Waals surface area contributed by atoms with Gasteiger partial charge in [0.2, 0.25) is 10.0 Å². The Morgan fingerprint density at radius 3 is 2.15 bits per heavy atom. The summed E-state index contributed by atoms with van der Waals surface area (Å²) in [5, 5.41) is 13.4. The van der Waals surface area contributed by atoms with Crippen molar-refractivity contribution in [1.82, 2.24) is 9.78 Å². The van der Waals surface area contributed by atoms with Crippen LogP contribution in [0.5, 0.6) is 11.5 Å². The fourth-order valence-electron chi connectivity index (χ4n) is 5.56. The predicted octanol–water partition coefficient (Wildman–Crippen LogP) is 4.72. The van der Waals surface area contributed by atoms with E-state index >= 15 is 0 Å². The monoisotopic (exact) mass is 543 g/mol. The summed E-state index contributed by atoms with van der Waals surface area (Å²) in [6.07, 6.45) is 3.11. The van der Waals surface area contributed by atoms with Crippen molar-refractivity contribution in [3.8, 4) is 22.6 Å². The molecule has 4 aromatic rings. The standard InChI is InChI=1S/C30H29N3O5S/c1-32-18-22(17-31-32)19-4-6-21(7-5-19)29-28(20-8-12-24(34)13-9-20)26-16-27(30(29)38-26)39(35,36)33(2)23-10-14-25(37-3)15-11-23/h4-15,17-18,26-27,30,34H,16H2,1-3H3. The smallest absolute Gasteiger partial charge is 0.240 e. The second kappa shape index (κ2) is 9.59. The topological polar surface area (TPSA) is 93.9 Å². The number of nitrogens with zero attached hydrogens (tertiary/aromatic N) is 3. The van der Waals surface area contributed by atoms with Gasteiger partial charge in [-0.3, -0.25) is 8.99 Å². The third-order valence-corrected chi connectivity index (χ3v) is 9.78. The third kappa shape index (κ3) is 4.37. The number of phenols is 1. The van der Waals surface area contributed by atoms with Gasteiger partial charge >= 0.3 is 0 Å². The SMILES string of the molecule is COc1ccc(N(C)S(=O)(=O)C2CC3OC2C(c2ccc(-c4cnn(C)c4)cc2)=C3c2ccc(O)cc2)cc1. The van der Waals surface area contributed by atoms with Gasteiger partial charge in [0, 0.05) is 25.9 Å². The number of phenolic OH excluding ortho intramolecular Hbond substituents is 1. The van der Waals surface area contributed by atoms with Gasteiger partial charge in [-0.2, -0.15) is 5.10 Å². The van der Waals surface area contributed by atoms with Gasteiger partial charge in [0.1, 0.15) is 22.9 Å². The van der Waals surface area contributed by atoms with E-state index in [9.17, 15) is 13.5 Å². The molecule has 3 heterocycles. The van der Waals surface area contributed by atoms with Gasteiger partial charge in [0.05, 0.1) is 25.1 Å². The van der Waals surface area contributed by atoms with Crippen LogP contribution in [0.15, 0.2) is 85.2 Å². The molecule has 1 fully saturated rings. The number of fused-ring (bicyclic) bond motifs is 2. The van der Waals surface area contributed by atoms with Crippen LogP contribution in [0, 0.1) is 0 Å². The van der Waals surface area contributed by atoms with Crippen molar-refractivity contribution in [3.63, 3.8) is 0 Å². The van der Waals surface area contributed by atoms with Crippen LogP contribution in [0.25, 0.3) is 22.3 Å². The van der Waals surface area contributed by atoms with Gasteiger partial charge in [0.25, 0.3) is 0 Å². The Kier molecular flexibility index (Phi) is 6.20. The van der Waals surface area contributed by atoms with E-state index in [1.54, 1.807) is 55.2 Å². The molecular formula is C30H29N3O5S. The first-order valence-electron chi connectivity index (χ1n) is 12.7. The lowest BCUT2D eigenvalue weighted by atomic mass is 9.83. The molecule has 2 bridgehead atoms. The lowest BCUT2D eigenvalue weighted by molar-refractivity contribution is 0.128. The van der Waals surface area contributed by atoms with Crippen LogP contribution in [0.2, 0.25) is 0 Å². The molecule has 2 aliphatic rings. The van der Waals surface area contributed by atoms with E-state index in [0.717, 1.165) is 33.4 Å². The van der Waals surface area contributed by atoms with Gasteiger partial charge in [0.15, 0.2) is 0 Å². The minimum absolute atomic E-state index is 0.173. The number of hydrogen-bond donors (Lipinski definition) is 1. The van der Waals surface area contributed by atoms with Crippen molar-refractivity contribution >= 4 is 26.9 Å². The average Bonchev–Trinajstić information content (AvgIpc) is 3.68. The highest BCUT2D eigenvalue weighted by atomic mass is 32.2. The molecule has 2 aliphatic heterocycles. The molecular weight excluding hydrogens is 514 g/mol. The van der Waals surface area contributed by atoms with Crippen molar-refractivity contribution in [2.24, 2.45) is 7.05 Å². The van der Waals surface area contributed by atoms with E-state index in [1.165, 1.54) is 4.31 Å². The highest BCUT2D eigenvalue weighted by molar-refractivity contribution is 7.93. The summed E-state index contributed by atoms with van der Waals surface area (Å²) in [6, 6.07) is 22.0. The Bertz CT molecular complexity index is 1640. The van der Waals surface area contributed by atoms with Gasteiger partial charge in [-0.05, 0) is 70.7 Å². The van der Waals surface area contributed by atoms with E-state index in [2.05, 4.69) is 5.10 Å². The maximum atomic E-state index is 13.9. The van der Waals surface area contributed by atoms with E-state index in [1.807, 2.05) is 55.8 Å². The minimum atomic E-state index is -3.76. The second-order valence-electron chi connectivity index (χ2n) is 9.88. The van der Waals surface area contributed by atoms with Crippen molar-refractivity contribution in [3.05, 3.63) is 96.3 Å². The first kappa shape index (κ1) is 25.2. The van der Waals surface area contributed by atoms with Crippen molar-refractivity contribution in [1.29, 1.82) is 0 Å². The molecule has 3 unspecified atom stereocenters. The number of anilines is 1. The minimum Gasteiger partial charge on any atom is -0.508 e. The van der Waals surface area contributed by atoms with Gasteiger partial charge in [-0.25, -0.2) is 8.42 Å². The molecule has 0 saturated carbocycles. The maximum absolute atomic E-state index is 13.9. The highest BCUT2D eigenvalue weighted by Gasteiger charge is 2.53. The number of sulfonamides is 1. The van der Waals surface area contributed by atoms with E-state index < -0.39 is 21.4 Å². The Hall–Kier alpha value is -4.08. The largest absolute Gasteiger partial charge is 0.508 e. The van der Waals surface area contributed by atoms with Crippen LogP contribution in [-0.4, -0.2) is 54.9 Å². The summed E-state index contributed by atoms with van der Waals surface area (Å²) < 4.78 is 42.6. The normalized spacial score (nSPS) is 20.4. The molecule has 0 amide bonds. The van der Waals surface area contributed by atoms with Crippen LogP contribution >= 0.6 is 0 Å². The van der Waals surface area contributed by atoms with Crippen LogP contribution in [0.4, 0.5) is 5.69 Å². The summed E-state index contributed by atoms with van der Waals surface area (Å²) in [7, 11) is 1.27. The second-order valence-corrected chi connectivity index (χ2v) is 12.1. The first-order chi connectivity index (χ1) is 18.8. The molecule has 6 rings (SSSR count). The van der Waals surface area contributed by atoms with Crippen LogP contribution in [0.3, 0.4) is 0 Å². The lowest BCUT2D eigenvalue weighted by Gasteiger charge is -2.29. The molecule has 9 heteroatoms. The van der Waals surface area contributed by atoms with E-state index in [-0.39, 0.29) is 11.9 Å². The zero-order valence-electron chi connectivity index (χ0n) is 21.9. The number of aromatic nitrogens is 2. The number of methoxy groups -OCH3 is 1. The quantitative estimate of drug-likeness (QED) is 0.363. The highest BCUT2D eigenvalue weighted by Crippen LogP contribution is 2.51. The van der Waals surface area contributed by atoms with E-state index in [0.29, 0.717) is 17.9 Å². The molecule has 1 N–H and O–H groups in total. The maximum Gasteiger partial charge on any atom is 0.240 e. The van der Waals surface area contributed by atoms with Crippen LogP contribution in [0.1, 0.15) is 17.5 Å². The zero-order valence-corrected chi connectivity index (χ0v) is 22.7. The third-order valence-electron chi connectivity index (χ3n) is 7.60. The Labute approximate surface area is 227 Å². The van der Waals surface area contributed by atoms with Crippen molar-refractivity contribution < 1.29 is 23.0 Å². The summed E-state index contributed by atoms with van der Waals surface area (Å²) in [5.74, 6) is 0.832. The summed E-state index contributed by atoms with van der Waals surface area (Å²) in [6.45, 7) is 0. The molecule has 200 valence electrons. The van der Waals surface area contributed by atoms with Gasteiger partial charge < -0.3 is 14.6 Å². The van der Waals surface area contributed by atoms with Crippen LogP contribution in [-0.2, 0) is 21.8 Å². The molecule has 0 aliphatic carbocycles. The Morgan fingerprint density at radius 1 is 0.923 bits per heavy atom. The fraction of sp³-hybridized carbons (Fsp3) is 0.233. The molecule has 1 aromatic heterocycles. The molecule has 3 aromatic carbocycles. The molecule has 1 saturated heterocycles. The molecule has 8 nitrogen and oxygen atoms in total. The number of benzene rings is 3. The number of ether oxygens (including phenoxy) is 2. The van der Waals surface area contributed by atoms with Gasteiger partial charge in [-0.15, -0.1) is 0 Å². The number of aromatic hydroxyl groups is 1. The van der Waals surface area contributed by atoms with Crippen molar-refractivity contribution in [2.45, 2.75) is 23.9 Å². The summed E-state index contributed by atoms with van der Waals surface area (Å²) >= 11 is 0. The molecule has 0 spiro atoms. The summed E-state index contributed by atoms with van der Waals surface area (Å²) in [5.41, 5.74) is 6.23. The average molecular weight is 544 g/mol. The Morgan fingerprint density at radius 2 is 1.54 bits per heavy atom. The van der Waals surface area contributed by atoms with E-state index in [4.69, 9.17) is 9.47 Å². The molecule has 39 heavy (non-hydrogen) atoms. The van der Waals surface area contributed by atoms with Gasteiger partial charge in [-0.1, -0.05) is 36.4 Å². The molecule has 3 atom stereocenters. The number of hydrogen-bond acceptors (Lipinski definition) is 6. The summed E-state index contributed by atoms with van der Waals surface area (Å²) in [4.78, 5) is 0. The fourth-order valence-corrected chi connectivity index (χ4v) is 7.31. The van der Waals surface area contributed by atoms with Crippen LogP contribution < -0.4 is 9.04 Å². The Balaban J connectivity index is 1.40. The number of rotatable bonds is 7. The van der Waals surface area contributed by atoms with Crippen molar-refractivity contribution in [2.75, 3.05) is 18.5 Å². The predicted molar refractivity (Wildman–Crippen MR) is 151 cm³/mol. The number of aryl methyl sites for hydroxylation is 1. The zero-order chi connectivity index (χ0) is 27.3. The first-order valence-corrected chi connectivity index (χ1v) is 14.2. The molecule has 0 radical (unpaired) electrons.